The Kier molecular flexibility index (Phi) is 3.67. The van der Waals surface area contributed by atoms with Crippen LogP contribution in [0.5, 0.6) is 0 Å². The quantitative estimate of drug-likeness (QED) is 0.576. The number of rotatable bonds is 5. The van der Waals surface area contributed by atoms with E-state index in [1.165, 1.54) is 17.7 Å². The number of anilines is 2. The molecule has 2 heterocycles. The summed E-state index contributed by atoms with van der Waals surface area (Å²) in [5.74, 6) is 8.30. The van der Waals surface area contributed by atoms with Gasteiger partial charge in [-0.15, -0.1) is 11.3 Å². The maximum atomic E-state index is 5.45. The van der Waals surface area contributed by atoms with Crippen LogP contribution < -0.4 is 16.6 Å². The monoisotopic (exact) mass is 339 g/mol. The average molecular weight is 340 g/mol. The molecule has 1 aliphatic rings. The first-order valence-corrected chi connectivity index (χ1v) is 7.69. The van der Waals surface area contributed by atoms with E-state index in [2.05, 4.69) is 42.7 Å². The Balaban J connectivity index is 1.74. The number of nitrogens with two attached hydrogens (primary N) is 1. The van der Waals surface area contributed by atoms with Gasteiger partial charge in [0.15, 0.2) is 0 Å². The summed E-state index contributed by atoms with van der Waals surface area (Å²) in [5, 5.41) is 3.31. The fourth-order valence-electron chi connectivity index (χ4n) is 1.78. The van der Waals surface area contributed by atoms with Gasteiger partial charge in [0, 0.05) is 16.9 Å². The summed E-state index contributed by atoms with van der Waals surface area (Å²) in [6, 6.07) is 5.96. The molecule has 100 valence electrons. The van der Waals surface area contributed by atoms with Crippen molar-refractivity contribution in [2.45, 2.75) is 25.3 Å². The second-order valence-corrected chi connectivity index (χ2v) is 7.02. The largest absolute Gasteiger partial charge is 0.365 e. The van der Waals surface area contributed by atoms with Gasteiger partial charge in [-0.2, -0.15) is 0 Å². The topological polar surface area (TPSA) is 75.9 Å². The molecule has 0 radical (unpaired) electrons. The van der Waals surface area contributed by atoms with Gasteiger partial charge in [-0.05, 0) is 40.9 Å². The Morgan fingerprint density at radius 2 is 2.11 bits per heavy atom. The lowest BCUT2D eigenvalue weighted by atomic mass is 10.3. The second-order valence-electron chi connectivity index (χ2n) is 4.47. The number of nitrogen functional groups attached to an aromatic ring is 1. The van der Waals surface area contributed by atoms with E-state index in [9.17, 15) is 0 Å². The molecule has 0 unspecified atom stereocenters. The molecule has 0 bridgehead atoms. The lowest BCUT2D eigenvalue weighted by Gasteiger charge is -2.08. The molecule has 19 heavy (non-hydrogen) atoms. The Morgan fingerprint density at radius 3 is 2.74 bits per heavy atom. The van der Waals surface area contributed by atoms with Gasteiger partial charge in [0.1, 0.15) is 17.5 Å². The number of aromatic nitrogens is 2. The molecule has 1 saturated carbocycles. The number of nitrogens with zero attached hydrogens (tertiary/aromatic N) is 2. The van der Waals surface area contributed by atoms with Gasteiger partial charge >= 0.3 is 0 Å². The molecule has 0 amide bonds. The summed E-state index contributed by atoms with van der Waals surface area (Å²) in [6.45, 7) is 0.751. The second kappa shape index (κ2) is 5.44. The number of hydrogen-bond acceptors (Lipinski definition) is 6. The minimum absolute atomic E-state index is 0.504. The third kappa shape index (κ3) is 3.23. The van der Waals surface area contributed by atoms with E-state index in [1.807, 2.05) is 12.1 Å². The molecule has 1 fully saturated rings. The zero-order chi connectivity index (χ0) is 13.2. The van der Waals surface area contributed by atoms with Gasteiger partial charge in [-0.3, -0.25) is 0 Å². The fraction of sp³-hybridized carbons (Fsp3) is 0.333. The van der Waals surface area contributed by atoms with Crippen molar-refractivity contribution < 1.29 is 0 Å². The number of hydrazine groups is 1. The molecular weight excluding hydrogens is 326 g/mol. The van der Waals surface area contributed by atoms with Crippen molar-refractivity contribution in [3.63, 3.8) is 0 Å². The number of hydrogen-bond donors (Lipinski definition) is 3. The summed E-state index contributed by atoms with van der Waals surface area (Å²) in [4.78, 5) is 10.2. The lowest BCUT2D eigenvalue weighted by Crippen LogP contribution is -2.12. The zero-order valence-corrected chi connectivity index (χ0v) is 12.6. The Labute approximate surface area is 123 Å². The number of thiophene rings is 1. The molecule has 0 saturated heterocycles. The highest BCUT2D eigenvalue weighted by Gasteiger charge is 2.27. The third-order valence-corrected chi connectivity index (χ3v) is 4.53. The van der Waals surface area contributed by atoms with Crippen molar-refractivity contribution in [2.75, 3.05) is 10.7 Å². The third-order valence-electron chi connectivity index (χ3n) is 2.91. The van der Waals surface area contributed by atoms with Crippen molar-refractivity contribution in [3.05, 3.63) is 32.7 Å². The Morgan fingerprint density at radius 1 is 1.32 bits per heavy atom. The Hall–Kier alpha value is -1.18. The first kappa shape index (κ1) is 12.8. The predicted molar refractivity (Wildman–Crippen MR) is 81.2 cm³/mol. The standard InChI is InChI=1S/C12H14BrN5S/c13-9-4-3-8(19-9)6-15-10-5-11(18-14)17-12(16-10)7-1-2-7/h3-5,7H,1-2,6,14H2,(H2,15,16,17,18). The minimum atomic E-state index is 0.504. The summed E-state index contributed by atoms with van der Waals surface area (Å²) in [7, 11) is 0. The number of nitrogens with one attached hydrogen (secondary N) is 2. The predicted octanol–water partition coefficient (Wildman–Crippen LogP) is 3.08. The van der Waals surface area contributed by atoms with Gasteiger partial charge < -0.3 is 10.7 Å². The van der Waals surface area contributed by atoms with Gasteiger partial charge in [-0.1, -0.05) is 0 Å². The van der Waals surface area contributed by atoms with Crippen molar-refractivity contribution in [1.29, 1.82) is 0 Å². The van der Waals surface area contributed by atoms with E-state index >= 15 is 0 Å². The fourth-order valence-corrected chi connectivity index (χ4v) is 3.20. The van der Waals surface area contributed by atoms with Crippen LogP contribution in [0.3, 0.4) is 0 Å². The smallest absolute Gasteiger partial charge is 0.145 e. The summed E-state index contributed by atoms with van der Waals surface area (Å²) >= 11 is 5.17. The SMILES string of the molecule is NNc1cc(NCc2ccc(Br)s2)nc(C2CC2)n1. The van der Waals surface area contributed by atoms with Crippen LogP contribution in [0, 0.1) is 0 Å². The summed E-state index contributed by atoms with van der Waals surface area (Å²) in [6.07, 6.45) is 2.34. The average Bonchev–Trinajstić information content (AvgIpc) is 3.19. The zero-order valence-electron chi connectivity index (χ0n) is 10.2. The van der Waals surface area contributed by atoms with Crippen LogP contribution in [0.1, 0.15) is 29.5 Å². The van der Waals surface area contributed by atoms with Crippen molar-refractivity contribution in [3.8, 4) is 0 Å². The Bertz CT molecular complexity index is 581. The van der Waals surface area contributed by atoms with Gasteiger partial charge in [-0.25, -0.2) is 15.8 Å². The number of halogens is 1. The minimum Gasteiger partial charge on any atom is -0.365 e. The lowest BCUT2D eigenvalue weighted by molar-refractivity contribution is 0.921. The van der Waals surface area contributed by atoms with Crippen LogP contribution >= 0.6 is 27.3 Å². The summed E-state index contributed by atoms with van der Waals surface area (Å²) in [5.41, 5.74) is 2.60. The van der Waals surface area contributed by atoms with Crippen LogP contribution in [0.2, 0.25) is 0 Å². The van der Waals surface area contributed by atoms with Gasteiger partial charge in [0.25, 0.3) is 0 Å². The molecule has 0 spiro atoms. The van der Waals surface area contributed by atoms with Crippen LogP contribution in [0.15, 0.2) is 22.0 Å². The van der Waals surface area contributed by atoms with E-state index in [0.717, 1.165) is 22.0 Å². The van der Waals surface area contributed by atoms with E-state index < -0.39 is 0 Å². The molecule has 5 nitrogen and oxygen atoms in total. The first-order chi connectivity index (χ1) is 9.24. The van der Waals surface area contributed by atoms with Crippen molar-refractivity contribution >= 4 is 38.9 Å². The maximum absolute atomic E-state index is 5.45. The first-order valence-electron chi connectivity index (χ1n) is 6.08. The normalized spacial score (nSPS) is 14.4. The van der Waals surface area contributed by atoms with Crippen LogP contribution in [0.4, 0.5) is 11.6 Å². The molecule has 3 rings (SSSR count). The molecule has 7 heteroatoms. The van der Waals surface area contributed by atoms with E-state index in [0.29, 0.717) is 11.7 Å². The maximum Gasteiger partial charge on any atom is 0.145 e. The molecule has 2 aromatic heterocycles. The van der Waals surface area contributed by atoms with Crippen LogP contribution in [0.25, 0.3) is 0 Å². The highest BCUT2D eigenvalue weighted by Crippen LogP contribution is 2.38. The molecule has 1 aliphatic carbocycles. The van der Waals surface area contributed by atoms with Gasteiger partial charge in [0.2, 0.25) is 0 Å². The highest BCUT2D eigenvalue weighted by atomic mass is 79.9. The summed E-state index contributed by atoms with van der Waals surface area (Å²) < 4.78 is 1.13. The molecular formula is C12H14BrN5S. The van der Waals surface area contributed by atoms with E-state index in [1.54, 1.807) is 11.3 Å². The van der Waals surface area contributed by atoms with E-state index in [4.69, 9.17) is 5.84 Å². The molecule has 0 atom stereocenters. The molecule has 2 aromatic rings. The van der Waals surface area contributed by atoms with E-state index in [-0.39, 0.29) is 0 Å². The highest BCUT2D eigenvalue weighted by molar-refractivity contribution is 9.11. The van der Waals surface area contributed by atoms with Crippen LogP contribution in [-0.4, -0.2) is 9.97 Å². The van der Waals surface area contributed by atoms with Crippen molar-refractivity contribution in [1.82, 2.24) is 9.97 Å². The molecule has 4 N–H and O–H groups in total. The molecule has 0 aliphatic heterocycles. The van der Waals surface area contributed by atoms with Gasteiger partial charge in [0.05, 0.1) is 10.3 Å². The van der Waals surface area contributed by atoms with Crippen molar-refractivity contribution in [2.24, 2.45) is 5.84 Å². The van der Waals surface area contributed by atoms with Crippen LogP contribution in [-0.2, 0) is 6.54 Å². The molecule has 0 aromatic carbocycles.